The zero-order valence-electron chi connectivity index (χ0n) is 14.0. The number of amides is 1. The normalized spacial score (nSPS) is 10.3. The lowest BCUT2D eigenvalue weighted by Crippen LogP contribution is -2.30. The van der Waals surface area contributed by atoms with Crippen molar-refractivity contribution in [2.24, 2.45) is 0 Å². The van der Waals surface area contributed by atoms with Crippen molar-refractivity contribution in [3.63, 3.8) is 0 Å². The van der Waals surface area contributed by atoms with Gasteiger partial charge in [0.1, 0.15) is 5.75 Å². The Bertz CT molecular complexity index is 741. The number of nitro groups is 1. The highest BCUT2D eigenvalue weighted by Gasteiger charge is 2.21. The Labute approximate surface area is 140 Å². The van der Waals surface area contributed by atoms with Gasteiger partial charge in [0.15, 0.2) is 0 Å². The largest absolute Gasteiger partial charge is 0.497 e. The van der Waals surface area contributed by atoms with Crippen LogP contribution >= 0.6 is 0 Å². The van der Waals surface area contributed by atoms with Crippen molar-refractivity contribution < 1.29 is 14.5 Å². The Balaban J connectivity index is 2.25. The van der Waals surface area contributed by atoms with Gasteiger partial charge in [-0.3, -0.25) is 14.9 Å². The molecule has 0 fully saturated rings. The lowest BCUT2D eigenvalue weighted by Gasteiger charge is -2.22. The number of carbonyl (C=O) groups excluding carboxylic acids is 1. The van der Waals surface area contributed by atoms with Crippen LogP contribution in [-0.4, -0.2) is 29.4 Å². The smallest absolute Gasteiger partial charge is 0.273 e. The molecule has 0 atom stereocenters. The van der Waals surface area contributed by atoms with Gasteiger partial charge in [-0.15, -0.1) is 0 Å². The molecule has 0 unspecified atom stereocenters. The van der Waals surface area contributed by atoms with Crippen LogP contribution in [0.1, 0.15) is 28.4 Å². The molecule has 126 valence electrons. The molecule has 24 heavy (non-hydrogen) atoms. The first-order chi connectivity index (χ1) is 11.5. The molecule has 2 aromatic carbocycles. The summed E-state index contributed by atoms with van der Waals surface area (Å²) < 4.78 is 5.12. The number of methoxy groups -OCH3 is 1. The molecule has 0 spiro atoms. The van der Waals surface area contributed by atoms with Gasteiger partial charge in [-0.1, -0.05) is 18.2 Å². The molecule has 1 amide bonds. The second-order valence-corrected chi connectivity index (χ2v) is 5.37. The van der Waals surface area contributed by atoms with E-state index in [1.54, 1.807) is 31.1 Å². The van der Waals surface area contributed by atoms with Crippen LogP contribution in [0.4, 0.5) is 5.69 Å². The summed E-state index contributed by atoms with van der Waals surface area (Å²) in [6.45, 7) is 4.43. The second-order valence-electron chi connectivity index (χ2n) is 5.37. The van der Waals surface area contributed by atoms with Gasteiger partial charge in [0.05, 0.1) is 12.0 Å². The van der Waals surface area contributed by atoms with E-state index in [2.05, 4.69) is 0 Å². The highest BCUT2D eigenvalue weighted by molar-refractivity contribution is 5.96. The molecule has 2 aromatic rings. The molecule has 0 N–H and O–H groups in total. The zero-order chi connectivity index (χ0) is 17.7. The third-order valence-electron chi connectivity index (χ3n) is 3.93. The van der Waals surface area contributed by atoms with Crippen molar-refractivity contribution in [1.82, 2.24) is 4.90 Å². The van der Waals surface area contributed by atoms with Crippen molar-refractivity contribution in [3.8, 4) is 5.75 Å². The molecule has 0 saturated heterocycles. The molecule has 0 heterocycles. The van der Waals surface area contributed by atoms with E-state index in [9.17, 15) is 14.9 Å². The number of ether oxygens (including phenoxy) is 1. The molecule has 0 aliphatic carbocycles. The van der Waals surface area contributed by atoms with E-state index in [-0.39, 0.29) is 11.6 Å². The number of rotatable bonds is 6. The summed E-state index contributed by atoms with van der Waals surface area (Å²) in [6, 6.07) is 12.1. The summed E-state index contributed by atoms with van der Waals surface area (Å²) in [4.78, 5) is 25.0. The molecule has 0 radical (unpaired) electrons. The van der Waals surface area contributed by atoms with E-state index in [1.165, 1.54) is 6.07 Å². The van der Waals surface area contributed by atoms with Crippen LogP contribution in [0.25, 0.3) is 0 Å². The zero-order valence-corrected chi connectivity index (χ0v) is 14.0. The minimum atomic E-state index is -0.466. The van der Waals surface area contributed by atoms with Gasteiger partial charge in [-0.2, -0.15) is 0 Å². The fourth-order valence-electron chi connectivity index (χ4n) is 2.50. The first kappa shape index (κ1) is 17.5. The van der Waals surface area contributed by atoms with Crippen LogP contribution in [0.5, 0.6) is 5.75 Å². The van der Waals surface area contributed by atoms with Gasteiger partial charge >= 0.3 is 0 Å². The van der Waals surface area contributed by atoms with Crippen molar-refractivity contribution in [1.29, 1.82) is 0 Å². The van der Waals surface area contributed by atoms with Crippen molar-refractivity contribution in [2.75, 3.05) is 13.7 Å². The molecular formula is C18H20N2O4. The topological polar surface area (TPSA) is 72.7 Å². The fraction of sp³-hybridized carbons (Fsp3) is 0.278. The number of hydrogen-bond donors (Lipinski definition) is 0. The lowest BCUT2D eigenvalue weighted by atomic mass is 10.1. The minimum Gasteiger partial charge on any atom is -0.497 e. The van der Waals surface area contributed by atoms with E-state index in [0.29, 0.717) is 24.2 Å². The van der Waals surface area contributed by atoms with E-state index >= 15 is 0 Å². The molecule has 0 aliphatic heterocycles. The first-order valence-corrected chi connectivity index (χ1v) is 7.64. The van der Waals surface area contributed by atoms with Crippen molar-refractivity contribution in [3.05, 3.63) is 69.3 Å². The number of benzene rings is 2. The highest BCUT2D eigenvalue weighted by Crippen LogP contribution is 2.23. The van der Waals surface area contributed by atoms with Crippen LogP contribution in [0, 0.1) is 17.0 Å². The van der Waals surface area contributed by atoms with E-state index < -0.39 is 4.92 Å². The average molecular weight is 328 g/mol. The van der Waals surface area contributed by atoms with Crippen LogP contribution < -0.4 is 4.74 Å². The maximum Gasteiger partial charge on any atom is 0.273 e. The van der Waals surface area contributed by atoms with Crippen molar-refractivity contribution in [2.45, 2.75) is 20.4 Å². The van der Waals surface area contributed by atoms with E-state index in [0.717, 1.165) is 11.3 Å². The summed E-state index contributed by atoms with van der Waals surface area (Å²) in [6.07, 6.45) is 0. The summed E-state index contributed by atoms with van der Waals surface area (Å²) in [5.41, 5.74) is 1.68. The summed E-state index contributed by atoms with van der Waals surface area (Å²) in [7, 11) is 1.60. The molecule has 0 saturated carbocycles. The van der Waals surface area contributed by atoms with Gasteiger partial charge in [0.25, 0.3) is 11.6 Å². The van der Waals surface area contributed by atoms with Gasteiger partial charge < -0.3 is 9.64 Å². The number of carbonyl (C=O) groups is 1. The van der Waals surface area contributed by atoms with Gasteiger partial charge in [0.2, 0.25) is 0 Å². The van der Waals surface area contributed by atoms with Crippen LogP contribution in [0.3, 0.4) is 0 Å². The standard InChI is InChI=1S/C18H20N2O4/c1-4-19(12-14-8-10-15(24-3)11-9-14)18(21)16-6-5-7-17(13(16)2)20(22)23/h5-11H,4,12H2,1-3H3. The number of nitro benzene ring substituents is 1. The third-order valence-corrected chi connectivity index (χ3v) is 3.93. The molecule has 0 bridgehead atoms. The Morgan fingerprint density at radius 1 is 1.21 bits per heavy atom. The van der Waals surface area contributed by atoms with Crippen LogP contribution in [-0.2, 0) is 6.54 Å². The molecule has 0 aromatic heterocycles. The van der Waals surface area contributed by atoms with Gasteiger partial charge in [-0.05, 0) is 37.6 Å². The monoisotopic (exact) mass is 328 g/mol. The summed E-state index contributed by atoms with van der Waals surface area (Å²) in [5, 5.41) is 11.1. The Hall–Kier alpha value is -2.89. The number of hydrogen-bond acceptors (Lipinski definition) is 4. The minimum absolute atomic E-state index is 0.0404. The first-order valence-electron chi connectivity index (χ1n) is 7.64. The second kappa shape index (κ2) is 7.59. The average Bonchev–Trinajstić information content (AvgIpc) is 2.59. The lowest BCUT2D eigenvalue weighted by molar-refractivity contribution is -0.385. The number of nitrogens with zero attached hydrogens (tertiary/aromatic N) is 2. The summed E-state index contributed by atoms with van der Waals surface area (Å²) in [5.74, 6) is 0.539. The third kappa shape index (κ3) is 3.71. The Morgan fingerprint density at radius 3 is 2.42 bits per heavy atom. The highest BCUT2D eigenvalue weighted by atomic mass is 16.6. The quantitative estimate of drug-likeness (QED) is 0.600. The molecule has 2 rings (SSSR count). The maximum absolute atomic E-state index is 12.8. The summed E-state index contributed by atoms with van der Waals surface area (Å²) >= 11 is 0. The Morgan fingerprint density at radius 2 is 1.88 bits per heavy atom. The van der Waals surface area contributed by atoms with Crippen molar-refractivity contribution >= 4 is 11.6 Å². The molecule has 6 heteroatoms. The van der Waals surface area contributed by atoms with Crippen LogP contribution in [0.15, 0.2) is 42.5 Å². The van der Waals surface area contributed by atoms with Gasteiger partial charge in [-0.25, -0.2) is 0 Å². The molecule has 6 nitrogen and oxygen atoms in total. The predicted octanol–water partition coefficient (Wildman–Crippen LogP) is 3.57. The predicted molar refractivity (Wildman–Crippen MR) is 91.2 cm³/mol. The van der Waals surface area contributed by atoms with Crippen LogP contribution in [0.2, 0.25) is 0 Å². The molecule has 0 aliphatic rings. The Kier molecular flexibility index (Phi) is 5.52. The fourth-order valence-corrected chi connectivity index (χ4v) is 2.50. The molecular weight excluding hydrogens is 308 g/mol. The van der Waals surface area contributed by atoms with Gasteiger partial charge in [0, 0.05) is 30.3 Å². The van der Waals surface area contributed by atoms with E-state index in [4.69, 9.17) is 4.74 Å². The van der Waals surface area contributed by atoms with E-state index in [1.807, 2.05) is 31.2 Å². The maximum atomic E-state index is 12.8. The SMILES string of the molecule is CCN(Cc1ccc(OC)cc1)C(=O)c1cccc([N+](=O)[O-])c1C.